The summed E-state index contributed by atoms with van der Waals surface area (Å²) in [5, 5.41) is 15.8. The van der Waals surface area contributed by atoms with Crippen LogP contribution >= 0.6 is 23.7 Å². The van der Waals surface area contributed by atoms with Gasteiger partial charge in [0.1, 0.15) is 5.75 Å². The molecular formula is C16H15ClN2OS. The summed E-state index contributed by atoms with van der Waals surface area (Å²) in [5.41, 5.74) is 2.94. The van der Waals surface area contributed by atoms with Crippen LogP contribution < -0.4 is 5.32 Å². The highest BCUT2D eigenvalue weighted by molar-refractivity contribution is 7.14. The van der Waals surface area contributed by atoms with Crippen LogP contribution in [0.5, 0.6) is 5.75 Å². The maximum atomic E-state index is 9.71. The predicted molar refractivity (Wildman–Crippen MR) is 90.2 cm³/mol. The number of hydrogen-bond donors (Lipinski definition) is 2. The molecule has 3 aromatic rings. The molecule has 0 saturated heterocycles. The third kappa shape index (κ3) is 3.74. The van der Waals surface area contributed by atoms with Crippen LogP contribution in [0.4, 0.5) is 5.13 Å². The third-order valence-electron chi connectivity index (χ3n) is 3.00. The first-order valence-corrected chi connectivity index (χ1v) is 7.22. The van der Waals surface area contributed by atoms with Crippen LogP contribution in [0.25, 0.3) is 11.3 Å². The number of anilines is 1. The number of aromatic hydroxyl groups is 1. The van der Waals surface area contributed by atoms with Crippen LogP contribution in [0.2, 0.25) is 0 Å². The molecule has 0 aliphatic rings. The molecule has 0 radical (unpaired) electrons. The zero-order chi connectivity index (χ0) is 13.8. The first kappa shape index (κ1) is 15.4. The van der Waals surface area contributed by atoms with Crippen LogP contribution in [-0.2, 0) is 6.54 Å². The summed E-state index contributed by atoms with van der Waals surface area (Å²) in [6.45, 7) is 0.564. The number of thiazole rings is 1. The van der Waals surface area contributed by atoms with Crippen LogP contribution in [-0.4, -0.2) is 10.1 Å². The Morgan fingerprint density at radius 1 is 1.00 bits per heavy atom. The molecule has 2 aromatic carbocycles. The van der Waals surface area contributed by atoms with E-state index in [-0.39, 0.29) is 12.4 Å². The van der Waals surface area contributed by atoms with Gasteiger partial charge < -0.3 is 10.4 Å². The zero-order valence-electron chi connectivity index (χ0n) is 11.2. The molecule has 3 rings (SSSR count). The second-order valence-electron chi connectivity index (χ2n) is 4.39. The summed E-state index contributed by atoms with van der Waals surface area (Å²) in [5.74, 6) is 0.305. The van der Waals surface area contributed by atoms with Crippen molar-refractivity contribution < 1.29 is 5.11 Å². The van der Waals surface area contributed by atoms with Gasteiger partial charge in [-0.25, -0.2) is 4.98 Å². The second kappa shape index (κ2) is 7.11. The normalized spacial score (nSPS) is 9.90. The quantitative estimate of drug-likeness (QED) is 0.741. The highest BCUT2D eigenvalue weighted by atomic mass is 35.5. The highest BCUT2D eigenvalue weighted by Crippen LogP contribution is 2.25. The minimum atomic E-state index is 0. The number of rotatable bonds is 4. The maximum absolute atomic E-state index is 9.71. The molecule has 0 spiro atoms. The Bertz CT molecular complexity index is 700. The van der Waals surface area contributed by atoms with E-state index in [2.05, 4.69) is 10.3 Å². The van der Waals surface area contributed by atoms with E-state index in [1.165, 1.54) is 0 Å². The molecule has 0 atom stereocenters. The van der Waals surface area contributed by atoms with E-state index in [1.54, 1.807) is 17.4 Å². The maximum Gasteiger partial charge on any atom is 0.183 e. The summed E-state index contributed by atoms with van der Waals surface area (Å²) in [6, 6.07) is 17.4. The Labute approximate surface area is 133 Å². The van der Waals surface area contributed by atoms with Gasteiger partial charge in [0, 0.05) is 23.1 Å². The molecule has 0 aliphatic carbocycles. The number of halogens is 1. The van der Waals surface area contributed by atoms with Crippen molar-refractivity contribution in [1.29, 1.82) is 0 Å². The monoisotopic (exact) mass is 318 g/mol. The molecule has 0 bridgehead atoms. The standard InChI is InChI=1S/C16H14N2OS.ClH/c19-15-9-5-4-8-13(15)10-17-16-18-14(11-20-16)12-6-2-1-3-7-12;/h1-9,11,19H,10H2,(H,17,18);1H. The summed E-state index contributed by atoms with van der Waals surface area (Å²) in [7, 11) is 0. The molecule has 3 nitrogen and oxygen atoms in total. The van der Waals surface area contributed by atoms with E-state index in [9.17, 15) is 5.11 Å². The largest absolute Gasteiger partial charge is 0.508 e. The van der Waals surface area contributed by atoms with Crippen LogP contribution in [0.1, 0.15) is 5.56 Å². The summed E-state index contributed by atoms with van der Waals surface area (Å²) in [4.78, 5) is 4.55. The number of benzene rings is 2. The van der Waals surface area contributed by atoms with E-state index >= 15 is 0 Å². The summed E-state index contributed by atoms with van der Waals surface area (Å²) in [6.07, 6.45) is 0. The third-order valence-corrected chi connectivity index (χ3v) is 3.80. The van der Waals surface area contributed by atoms with Gasteiger partial charge in [-0.3, -0.25) is 0 Å². The van der Waals surface area contributed by atoms with Crippen molar-refractivity contribution >= 4 is 28.9 Å². The molecule has 0 fully saturated rings. The Kier molecular flexibility index (Phi) is 5.20. The molecular weight excluding hydrogens is 304 g/mol. The van der Waals surface area contributed by atoms with E-state index in [0.29, 0.717) is 12.3 Å². The molecule has 108 valence electrons. The van der Waals surface area contributed by atoms with Gasteiger partial charge in [-0.2, -0.15) is 0 Å². The van der Waals surface area contributed by atoms with Crippen LogP contribution in [0.3, 0.4) is 0 Å². The Hall–Kier alpha value is -2.04. The number of nitrogens with one attached hydrogen (secondary N) is 1. The lowest BCUT2D eigenvalue weighted by atomic mass is 10.2. The van der Waals surface area contributed by atoms with E-state index in [4.69, 9.17) is 0 Å². The van der Waals surface area contributed by atoms with Crippen molar-refractivity contribution in [1.82, 2.24) is 4.98 Å². The minimum Gasteiger partial charge on any atom is -0.508 e. The van der Waals surface area contributed by atoms with Gasteiger partial charge >= 0.3 is 0 Å². The van der Waals surface area contributed by atoms with Gasteiger partial charge in [-0.15, -0.1) is 23.7 Å². The molecule has 0 unspecified atom stereocenters. The van der Waals surface area contributed by atoms with Crippen LogP contribution in [0, 0.1) is 0 Å². The average Bonchev–Trinajstić information content (AvgIpc) is 2.96. The average molecular weight is 319 g/mol. The predicted octanol–water partition coefficient (Wildman–Crippen LogP) is 4.55. The lowest BCUT2D eigenvalue weighted by Crippen LogP contribution is -1.99. The Morgan fingerprint density at radius 2 is 1.71 bits per heavy atom. The van der Waals surface area contributed by atoms with Gasteiger partial charge in [-0.05, 0) is 6.07 Å². The molecule has 2 N–H and O–H groups in total. The van der Waals surface area contributed by atoms with Crippen molar-refractivity contribution in [3.63, 3.8) is 0 Å². The number of aromatic nitrogens is 1. The molecule has 0 amide bonds. The lowest BCUT2D eigenvalue weighted by molar-refractivity contribution is 0.469. The summed E-state index contributed by atoms with van der Waals surface area (Å²) >= 11 is 1.57. The van der Waals surface area contributed by atoms with E-state index in [0.717, 1.165) is 22.0 Å². The van der Waals surface area contributed by atoms with Crippen molar-refractivity contribution in [3.05, 3.63) is 65.5 Å². The number of phenols is 1. The smallest absolute Gasteiger partial charge is 0.183 e. The first-order valence-electron chi connectivity index (χ1n) is 6.34. The molecule has 5 heteroatoms. The molecule has 1 heterocycles. The fourth-order valence-corrected chi connectivity index (χ4v) is 2.65. The summed E-state index contributed by atoms with van der Waals surface area (Å²) < 4.78 is 0. The van der Waals surface area contributed by atoms with Crippen molar-refractivity contribution in [2.24, 2.45) is 0 Å². The van der Waals surface area contributed by atoms with Crippen molar-refractivity contribution in [2.75, 3.05) is 5.32 Å². The van der Waals surface area contributed by atoms with Crippen molar-refractivity contribution in [3.8, 4) is 17.0 Å². The van der Waals surface area contributed by atoms with Gasteiger partial charge in [0.15, 0.2) is 5.13 Å². The van der Waals surface area contributed by atoms with Gasteiger partial charge in [0.25, 0.3) is 0 Å². The van der Waals surface area contributed by atoms with E-state index < -0.39 is 0 Å². The van der Waals surface area contributed by atoms with Gasteiger partial charge in [0.2, 0.25) is 0 Å². The van der Waals surface area contributed by atoms with Gasteiger partial charge in [-0.1, -0.05) is 48.5 Å². The fraction of sp³-hybridized carbons (Fsp3) is 0.0625. The first-order chi connectivity index (χ1) is 9.83. The molecule has 0 saturated carbocycles. The zero-order valence-corrected chi connectivity index (χ0v) is 12.8. The van der Waals surface area contributed by atoms with E-state index in [1.807, 2.05) is 53.9 Å². The lowest BCUT2D eigenvalue weighted by Gasteiger charge is -2.04. The Balaban J connectivity index is 0.00000161. The van der Waals surface area contributed by atoms with Gasteiger partial charge in [0.05, 0.1) is 5.69 Å². The molecule has 21 heavy (non-hydrogen) atoms. The topological polar surface area (TPSA) is 45.1 Å². The minimum absolute atomic E-state index is 0. The number of nitrogens with zero attached hydrogens (tertiary/aromatic N) is 1. The number of hydrogen-bond acceptors (Lipinski definition) is 4. The Morgan fingerprint density at radius 3 is 2.48 bits per heavy atom. The highest BCUT2D eigenvalue weighted by Gasteiger charge is 2.05. The van der Waals surface area contributed by atoms with Crippen molar-refractivity contribution in [2.45, 2.75) is 6.54 Å². The molecule has 1 aromatic heterocycles. The SMILES string of the molecule is Cl.Oc1ccccc1CNc1nc(-c2ccccc2)cs1. The number of para-hydroxylation sites is 1. The van der Waals surface area contributed by atoms with Crippen LogP contribution in [0.15, 0.2) is 60.0 Å². The second-order valence-corrected chi connectivity index (χ2v) is 5.24. The number of phenolic OH excluding ortho intramolecular Hbond substituents is 1. The fourth-order valence-electron chi connectivity index (χ4n) is 1.93. The molecule has 0 aliphatic heterocycles.